The Hall–Kier alpha value is -3.56. The van der Waals surface area contributed by atoms with Crippen LogP contribution in [0.25, 0.3) is 0 Å². The number of nitrogens with zero attached hydrogens (tertiary/aromatic N) is 1. The molecule has 0 aliphatic carbocycles. The maximum Gasteiger partial charge on any atom is 0.419 e. The van der Waals surface area contributed by atoms with Gasteiger partial charge in [-0.2, -0.15) is 13.2 Å². The first-order chi connectivity index (χ1) is 13.6. The second-order valence-electron chi connectivity index (χ2n) is 5.67. The highest BCUT2D eigenvalue weighted by Crippen LogP contribution is 2.38. The third-order valence-electron chi connectivity index (χ3n) is 3.64. The van der Waals surface area contributed by atoms with E-state index in [1.807, 2.05) is 0 Å². The third kappa shape index (κ3) is 4.65. The second-order valence-corrected chi connectivity index (χ2v) is 5.67. The SMILES string of the molecule is O=C(Nc1ccc(Oc2cc(F)ccc2C(F)(F)F)cn1)c1c(F)cccc1F. The highest BCUT2D eigenvalue weighted by molar-refractivity contribution is 6.04. The van der Waals surface area contributed by atoms with Crippen molar-refractivity contribution in [1.82, 2.24) is 4.98 Å². The van der Waals surface area contributed by atoms with Crippen molar-refractivity contribution >= 4 is 11.7 Å². The van der Waals surface area contributed by atoms with Crippen LogP contribution in [-0.2, 0) is 6.18 Å². The number of halogens is 6. The molecule has 0 unspecified atom stereocenters. The Bertz CT molecular complexity index is 1030. The minimum Gasteiger partial charge on any atom is -0.455 e. The van der Waals surface area contributed by atoms with E-state index in [0.29, 0.717) is 18.2 Å². The zero-order valence-electron chi connectivity index (χ0n) is 14.2. The number of aromatic nitrogens is 1. The summed E-state index contributed by atoms with van der Waals surface area (Å²) in [6.07, 6.45) is -3.81. The molecule has 0 radical (unpaired) electrons. The summed E-state index contributed by atoms with van der Waals surface area (Å²) in [5, 5.41) is 2.15. The number of amides is 1. The summed E-state index contributed by atoms with van der Waals surface area (Å²) in [7, 11) is 0. The molecule has 3 rings (SSSR count). The van der Waals surface area contributed by atoms with Crippen LogP contribution in [0.5, 0.6) is 11.5 Å². The summed E-state index contributed by atoms with van der Waals surface area (Å²) < 4.78 is 84.5. The minimum atomic E-state index is -4.77. The number of pyridine rings is 1. The molecule has 0 fully saturated rings. The summed E-state index contributed by atoms with van der Waals surface area (Å²) in [6.45, 7) is 0. The molecule has 3 aromatic rings. The number of hydrogen-bond acceptors (Lipinski definition) is 3. The van der Waals surface area contributed by atoms with Gasteiger partial charge in [-0.1, -0.05) is 6.07 Å². The number of anilines is 1. The van der Waals surface area contributed by atoms with Crippen molar-refractivity contribution in [2.75, 3.05) is 5.32 Å². The lowest BCUT2D eigenvalue weighted by Crippen LogP contribution is -2.16. The van der Waals surface area contributed by atoms with Crippen LogP contribution in [0.4, 0.5) is 32.2 Å². The fourth-order valence-corrected chi connectivity index (χ4v) is 2.35. The van der Waals surface area contributed by atoms with Crippen LogP contribution < -0.4 is 10.1 Å². The lowest BCUT2D eigenvalue weighted by Gasteiger charge is -2.14. The molecule has 2 aromatic carbocycles. The standard InChI is InChI=1S/C19H10F6N2O2/c20-10-4-6-12(19(23,24)25)15(8-10)29-11-5-7-16(26-9-11)27-18(28)17-13(21)2-1-3-14(17)22/h1-9H,(H,26,27,28). The predicted octanol–water partition coefficient (Wildman–Crippen LogP) is 5.56. The Morgan fingerprint density at radius 1 is 0.966 bits per heavy atom. The summed E-state index contributed by atoms with van der Waals surface area (Å²) in [6, 6.07) is 6.93. The van der Waals surface area contributed by atoms with Crippen molar-refractivity contribution in [3.8, 4) is 11.5 Å². The number of carbonyl (C=O) groups is 1. The van der Waals surface area contributed by atoms with E-state index >= 15 is 0 Å². The molecule has 10 heteroatoms. The molecule has 0 saturated heterocycles. The smallest absolute Gasteiger partial charge is 0.419 e. The highest BCUT2D eigenvalue weighted by Gasteiger charge is 2.34. The van der Waals surface area contributed by atoms with Gasteiger partial charge >= 0.3 is 6.18 Å². The number of hydrogen-bond donors (Lipinski definition) is 1. The maximum atomic E-state index is 13.6. The van der Waals surface area contributed by atoms with Crippen LogP contribution in [0, 0.1) is 17.5 Å². The molecule has 1 heterocycles. The van der Waals surface area contributed by atoms with Gasteiger partial charge in [0.15, 0.2) is 0 Å². The Balaban J connectivity index is 1.78. The van der Waals surface area contributed by atoms with E-state index in [1.54, 1.807) is 0 Å². The summed E-state index contributed by atoms with van der Waals surface area (Å²) in [4.78, 5) is 15.7. The van der Waals surface area contributed by atoms with Gasteiger partial charge in [0.1, 0.15) is 40.3 Å². The van der Waals surface area contributed by atoms with Crippen LogP contribution in [0.2, 0.25) is 0 Å². The summed E-state index contributed by atoms with van der Waals surface area (Å²) in [5.74, 6) is -5.29. The number of alkyl halides is 3. The van der Waals surface area contributed by atoms with Gasteiger partial charge in [0.05, 0.1) is 11.8 Å². The molecule has 29 heavy (non-hydrogen) atoms. The van der Waals surface area contributed by atoms with Crippen molar-refractivity contribution in [3.05, 3.63) is 83.3 Å². The first-order valence-electron chi connectivity index (χ1n) is 7.91. The van der Waals surface area contributed by atoms with Crippen LogP contribution in [0.1, 0.15) is 15.9 Å². The Kier molecular flexibility index (Phi) is 5.44. The van der Waals surface area contributed by atoms with Gasteiger partial charge in [-0.3, -0.25) is 4.79 Å². The minimum absolute atomic E-state index is 0.139. The number of rotatable bonds is 4. The van der Waals surface area contributed by atoms with Gasteiger partial charge in [0.2, 0.25) is 0 Å². The van der Waals surface area contributed by atoms with Gasteiger partial charge < -0.3 is 10.1 Å². The molecule has 0 bridgehead atoms. The monoisotopic (exact) mass is 412 g/mol. The number of ether oxygens (including phenoxy) is 1. The average Bonchev–Trinajstić information content (AvgIpc) is 2.62. The van der Waals surface area contributed by atoms with Crippen LogP contribution >= 0.6 is 0 Å². The molecule has 0 spiro atoms. The average molecular weight is 412 g/mol. The van der Waals surface area contributed by atoms with Crippen LogP contribution in [0.3, 0.4) is 0 Å². The maximum absolute atomic E-state index is 13.6. The molecule has 1 amide bonds. The first-order valence-corrected chi connectivity index (χ1v) is 7.91. The van der Waals surface area contributed by atoms with Gasteiger partial charge in [-0.25, -0.2) is 18.2 Å². The first kappa shape index (κ1) is 20.2. The molecule has 150 valence electrons. The fraction of sp³-hybridized carbons (Fsp3) is 0.0526. The van der Waals surface area contributed by atoms with Crippen molar-refractivity contribution in [2.45, 2.75) is 6.18 Å². The quantitative estimate of drug-likeness (QED) is 0.571. The van der Waals surface area contributed by atoms with E-state index in [2.05, 4.69) is 10.3 Å². The van der Waals surface area contributed by atoms with E-state index in [1.165, 1.54) is 0 Å². The fourth-order valence-electron chi connectivity index (χ4n) is 2.35. The summed E-state index contributed by atoms with van der Waals surface area (Å²) in [5.41, 5.74) is -2.00. The van der Waals surface area contributed by atoms with Gasteiger partial charge in [0, 0.05) is 6.07 Å². The van der Waals surface area contributed by atoms with E-state index < -0.39 is 46.4 Å². The van der Waals surface area contributed by atoms with E-state index in [0.717, 1.165) is 36.5 Å². The molecule has 1 aromatic heterocycles. The molecule has 1 N–H and O–H groups in total. The molecule has 0 aliphatic heterocycles. The zero-order chi connectivity index (χ0) is 21.2. The Morgan fingerprint density at radius 3 is 2.24 bits per heavy atom. The molecule has 4 nitrogen and oxygen atoms in total. The van der Waals surface area contributed by atoms with E-state index in [4.69, 9.17) is 4.74 Å². The van der Waals surface area contributed by atoms with E-state index in [-0.39, 0.29) is 11.6 Å². The lowest BCUT2D eigenvalue weighted by molar-refractivity contribution is -0.138. The van der Waals surface area contributed by atoms with Crippen molar-refractivity contribution < 1.29 is 35.9 Å². The molecular formula is C19H10F6N2O2. The zero-order valence-corrected chi connectivity index (χ0v) is 14.2. The van der Waals surface area contributed by atoms with Crippen LogP contribution in [0.15, 0.2) is 54.7 Å². The molecule has 0 saturated carbocycles. The third-order valence-corrected chi connectivity index (χ3v) is 3.64. The van der Waals surface area contributed by atoms with Crippen molar-refractivity contribution in [3.63, 3.8) is 0 Å². The Labute approximate surface area is 159 Å². The molecular weight excluding hydrogens is 402 g/mol. The molecule has 0 aliphatic rings. The van der Waals surface area contributed by atoms with Gasteiger partial charge in [0.25, 0.3) is 5.91 Å². The normalized spacial score (nSPS) is 11.2. The topological polar surface area (TPSA) is 51.2 Å². The summed E-state index contributed by atoms with van der Waals surface area (Å²) >= 11 is 0. The van der Waals surface area contributed by atoms with E-state index in [9.17, 15) is 31.1 Å². The predicted molar refractivity (Wildman–Crippen MR) is 90.0 cm³/mol. The number of benzene rings is 2. The second kappa shape index (κ2) is 7.82. The number of carbonyl (C=O) groups excluding carboxylic acids is 1. The van der Waals surface area contributed by atoms with Crippen LogP contribution in [-0.4, -0.2) is 10.9 Å². The van der Waals surface area contributed by atoms with Crippen molar-refractivity contribution in [1.29, 1.82) is 0 Å². The molecule has 0 atom stereocenters. The largest absolute Gasteiger partial charge is 0.455 e. The highest BCUT2D eigenvalue weighted by atomic mass is 19.4. The lowest BCUT2D eigenvalue weighted by atomic mass is 10.2. The number of nitrogens with one attached hydrogen (secondary N) is 1. The Morgan fingerprint density at radius 2 is 1.66 bits per heavy atom. The van der Waals surface area contributed by atoms with Crippen molar-refractivity contribution in [2.24, 2.45) is 0 Å². The van der Waals surface area contributed by atoms with Gasteiger partial charge in [-0.15, -0.1) is 0 Å². The van der Waals surface area contributed by atoms with Gasteiger partial charge in [-0.05, 0) is 36.4 Å².